The van der Waals surface area contributed by atoms with E-state index in [0.717, 1.165) is 13.1 Å². The van der Waals surface area contributed by atoms with Crippen molar-refractivity contribution in [2.24, 2.45) is 11.0 Å². The van der Waals surface area contributed by atoms with Crippen molar-refractivity contribution in [1.82, 2.24) is 4.90 Å². The lowest BCUT2D eigenvalue weighted by Gasteiger charge is -2.14. The summed E-state index contributed by atoms with van der Waals surface area (Å²) in [6.45, 7) is 2.66. The van der Waals surface area contributed by atoms with Gasteiger partial charge < -0.3 is 5.11 Å². The number of benzene rings is 1. The van der Waals surface area contributed by atoms with Gasteiger partial charge in [-0.25, -0.2) is 0 Å². The van der Waals surface area contributed by atoms with Gasteiger partial charge in [0, 0.05) is 37.0 Å². The normalized spacial score (nSPS) is 24.5. The Kier molecular flexibility index (Phi) is 3.98. The fraction of sp³-hybridized carbons (Fsp3) is 0.500. The van der Waals surface area contributed by atoms with Gasteiger partial charge >= 0.3 is 0 Å². The molecule has 5 nitrogen and oxygen atoms in total. The zero-order valence-corrected chi connectivity index (χ0v) is 9.61. The van der Waals surface area contributed by atoms with Crippen molar-refractivity contribution in [2.45, 2.75) is 12.6 Å². The fourth-order valence-corrected chi connectivity index (χ4v) is 2.23. The number of hydrogen-bond donors (Lipinski definition) is 1. The van der Waals surface area contributed by atoms with Crippen LogP contribution in [-0.4, -0.2) is 35.7 Å². The lowest BCUT2D eigenvalue weighted by atomic mass is 10.1. The summed E-state index contributed by atoms with van der Waals surface area (Å²) in [7, 11) is 0. The summed E-state index contributed by atoms with van der Waals surface area (Å²) in [5.74, 6) is 0.0645. The van der Waals surface area contributed by atoms with Crippen LogP contribution in [0.25, 0.3) is 10.4 Å². The largest absolute Gasteiger partial charge is 0.391 e. The molecular formula is C12H16N4O. The summed E-state index contributed by atoms with van der Waals surface area (Å²) in [5, 5.41) is 13.4. The molecule has 2 rings (SSSR count). The number of aliphatic hydroxyl groups excluding tert-OH is 1. The Bertz CT molecular complexity index is 402. The Balaban J connectivity index is 1.90. The molecule has 1 saturated heterocycles. The van der Waals surface area contributed by atoms with Crippen LogP contribution in [0.1, 0.15) is 5.56 Å². The third kappa shape index (κ3) is 3.20. The molecule has 0 amide bonds. The summed E-state index contributed by atoms with van der Waals surface area (Å²) < 4.78 is 0. The molecule has 90 valence electrons. The quantitative estimate of drug-likeness (QED) is 0.488. The molecule has 0 unspecified atom stereocenters. The van der Waals surface area contributed by atoms with Crippen molar-refractivity contribution >= 4 is 0 Å². The molecule has 1 N–H and O–H groups in total. The Hall–Kier alpha value is -1.55. The van der Waals surface area contributed by atoms with E-state index >= 15 is 0 Å². The van der Waals surface area contributed by atoms with Crippen molar-refractivity contribution in [2.75, 3.05) is 19.6 Å². The molecule has 0 spiro atoms. The van der Waals surface area contributed by atoms with Crippen LogP contribution in [-0.2, 0) is 6.54 Å². The maximum Gasteiger partial charge on any atom is 0.0708 e. The number of β-amino-alcohol motifs (C(OH)–C–C–N with tert-alkyl or cyclic N) is 1. The van der Waals surface area contributed by atoms with Crippen molar-refractivity contribution in [3.8, 4) is 0 Å². The van der Waals surface area contributed by atoms with E-state index in [4.69, 9.17) is 5.53 Å². The summed E-state index contributed by atoms with van der Waals surface area (Å²) in [4.78, 5) is 4.93. The van der Waals surface area contributed by atoms with E-state index in [9.17, 15) is 5.11 Å². The van der Waals surface area contributed by atoms with E-state index in [0.29, 0.717) is 13.1 Å². The smallest absolute Gasteiger partial charge is 0.0708 e. The second kappa shape index (κ2) is 5.68. The van der Waals surface area contributed by atoms with Gasteiger partial charge in [0.05, 0.1) is 6.10 Å². The van der Waals surface area contributed by atoms with E-state index in [2.05, 4.69) is 27.1 Å². The number of likely N-dealkylation sites (tertiary alicyclic amines) is 1. The van der Waals surface area contributed by atoms with Crippen molar-refractivity contribution in [3.63, 3.8) is 0 Å². The lowest BCUT2D eigenvalue weighted by molar-refractivity contribution is 0.144. The van der Waals surface area contributed by atoms with E-state index in [1.807, 2.05) is 18.2 Å². The van der Waals surface area contributed by atoms with Gasteiger partial charge in [0.25, 0.3) is 0 Å². The molecule has 1 aliphatic rings. The van der Waals surface area contributed by atoms with Crippen LogP contribution in [0.15, 0.2) is 35.4 Å². The predicted octanol–water partition coefficient (Wildman–Crippen LogP) is 1.79. The van der Waals surface area contributed by atoms with Gasteiger partial charge in [0.1, 0.15) is 0 Å². The van der Waals surface area contributed by atoms with Gasteiger partial charge in [0.2, 0.25) is 0 Å². The summed E-state index contributed by atoms with van der Waals surface area (Å²) in [5.41, 5.74) is 9.52. The van der Waals surface area contributed by atoms with Crippen LogP contribution in [0.4, 0.5) is 0 Å². The van der Waals surface area contributed by atoms with Crippen LogP contribution in [0.5, 0.6) is 0 Å². The highest BCUT2D eigenvalue weighted by molar-refractivity contribution is 5.14. The number of aliphatic hydroxyl groups is 1. The number of rotatable bonds is 4. The molecule has 0 saturated carbocycles. The number of nitrogens with zero attached hydrogens (tertiary/aromatic N) is 4. The number of hydrogen-bond acceptors (Lipinski definition) is 3. The fourth-order valence-electron chi connectivity index (χ4n) is 2.23. The Morgan fingerprint density at radius 3 is 2.82 bits per heavy atom. The minimum Gasteiger partial charge on any atom is -0.391 e. The molecule has 1 fully saturated rings. The Morgan fingerprint density at radius 1 is 1.35 bits per heavy atom. The van der Waals surface area contributed by atoms with Gasteiger partial charge in [-0.15, -0.1) is 0 Å². The molecule has 0 aliphatic carbocycles. The van der Waals surface area contributed by atoms with Crippen LogP contribution >= 0.6 is 0 Å². The SMILES string of the molecule is [N-]=[N+]=NC[C@H]1CN(Cc2ccccc2)C[C@@H]1O. The van der Waals surface area contributed by atoms with Gasteiger partial charge in [0.15, 0.2) is 0 Å². The summed E-state index contributed by atoms with van der Waals surface area (Å²) in [6, 6.07) is 10.2. The zero-order chi connectivity index (χ0) is 12.1. The topological polar surface area (TPSA) is 72.2 Å². The standard InChI is InChI=1S/C12H16N4O/c13-15-14-6-11-8-16(9-12(11)17)7-10-4-2-1-3-5-10/h1-5,11-12,17H,6-9H2/t11-,12-/m0/s1. The van der Waals surface area contributed by atoms with Crippen molar-refractivity contribution < 1.29 is 5.11 Å². The van der Waals surface area contributed by atoms with Gasteiger partial charge in [-0.3, -0.25) is 4.90 Å². The maximum atomic E-state index is 9.84. The van der Waals surface area contributed by atoms with Gasteiger partial charge in [-0.05, 0) is 11.1 Å². The molecule has 1 aliphatic heterocycles. The van der Waals surface area contributed by atoms with Crippen molar-refractivity contribution in [3.05, 3.63) is 46.3 Å². The third-order valence-corrected chi connectivity index (χ3v) is 3.11. The second-order valence-corrected chi connectivity index (χ2v) is 4.42. The molecule has 1 heterocycles. The highest BCUT2D eigenvalue weighted by Gasteiger charge is 2.30. The summed E-state index contributed by atoms with van der Waals surface area (Å²) >= 11 is 0. The maximum absolute atomic E-state index is 9.84. The first-order valence-electron chi connectivity index (χ1n) is 5.75. The average Bonchev–Trinajstić information content (AvgIpc) is 2.68. The first kappa shape index (κ1) is 11.9. The highest BCUT2D eigenvalue weighted by Crippen LogP contribution is 2.19. The molecule has 2 atom stereocenters. The first-order chi connectivity index (χ1) is 8.29. The van der Waals surface area contributed by atoms with Crippen LogP contribution in [0.3, 0.4) is 0 Å². The van der Waals surface area contributed by atoms with E-state index in [1.165, 1.54) is 5.56 Å². The lowest BCUT2D eigenvalue weighted by Crippen LogP contribution is -2.21. The Morgan fingerprint density at radius 2 is 2.12 bits per heavy atom. The van der Waals surface area contributed by atoms with Gasteiger partial charge in [-0.2, -0.15) is 0 Å². The molecule has 1 aromatic carbocycles. The zero-order valence-electron chi connectivity index (χ0n) is 9.61. The van der Waals surface area contributed by atoms with E-state index in [-0.39, 0.29) is 12.0 Å². The monoisotopic (exact) mass is 232 g/mol. The van der Waals surface area contributed by atoms with Crippen LogP contribution in [0.2, 0.25) is 0 Å². The highest BCUT2D eigenvalue weighted by atomic mass is 16.3. The van der Waals surface area contributed by atoms with Crippen LogP contribution in [0, 0.1) is 5.92 Å². The third-order valence-electron chi connectivity index (χ3n) is 3.11. The van der Waals surface area contributed by atoms with Crippen LogP contribution < -0.4 is 0 Å². The minimum atomic E-state index is -0.385. The van der Waals surface area contributed by atoms with E-state index in [1.54, 1.807) is 0 Å². The Labute approximate surface area is 100 Å². The van der Waals surface area contributed by atoms with Crippen molar-refractivity contribution in [1.29, 1.82) is 0 Å². The molecular weight excluding hydrogens is 216 g/mol. The molecule has 0 aromatic heterocycles. The molecule has 0 radical (unpaired) electrons. The summed E-state index contributed by atoms with van der Waals surface area (Å²) in [6.07, 6.45) is -0.385. The van der Waals surface area contributed by atoms with E-state index < -0.39 is 0 Å². The van der Waals surface area contributed by atoms with Gasteiger partial charge in [-0.1, -0.05) is 35.4 Å². The number of azide groups is 1. The predicted molar refractivity (Wildman–Crippen MR) is 65.2 cm³/mol. The molecule has 17 heavy (non-hydrogen) atoms. The molecule has 1 aromatic rings. The second-order valence-electron chi connectivity index (χ2n) is 4.42. The molecule has 5 heteroatoms. The molecule has 0 bridgehead atoms. The first-order valence-corrected chi connectivity index (χ1v) is 5.75. The minimum absolute atomic E-state index is 0.0645. The average molecular weight is 232 g/mol.